The SMILES string of the molecule is CC(=O)CCCCSCCC(=O)Cc1cccc(B(O)O)c1. The monoisotopic (exact) mass is 322 g/mol. The molecule has 22 heavy (non-hydrogen) atoms. The third kappa shape index (κ3) is 8.36. The highest BCUT2D eigenvalue weighted by atomic mass is 32.2. The van der Waals surface area contributed by atoms with E-state index in [4.69, 9.17) is 10.0 Å². The number of Topliss-reactive ketones (excluding diaryl/α,β-unsaturated/α-hetero) is 2. The van der Waals surface area contributed by atoms with Crippen molar-refractivity contribution in [1.29, 1.82) is 0 Å². The lowest BCUT2D eigenvalue weighted by Crippen LogP contribution is -2.30. The van der Waals surface area contributed by atoms with Crippen LogP contribution in [0.5, 0.6) is 0 Å². The third-order valence-corrected chi connectivity index (χ3v) is 4.31. The van der Waals surface area contributed by atoms with Crippen molar-refractivity contribution >= 4 is 35.9 Å². The van der Waals surface area contributed by atoms with Crippen LogP contribution in [0.3, 0.4) is 0 Å². The largest absolute Gasteiger partial charge is 0.488 e. The lowest BCUT2D eigenvalue weighted by Gasteiger charge is -2.05. The predicted molar refractivity (Wildman–Crippen MR) is 91.5 cm³/mol. The molecule has 0 unspecified atom stereocenters. The Labute approximate surface area is 136 Å². The second-order valence-corrected chi connectivity index (χ2v) is 6.58. The van der Waals surface area contributed by atoms with Gasteiger partial charge in [0.2, 0.25) is 0 Å². The van der Waals surface area contributed by atoms with Crippen LogP contribution in [0.1, 0.15) is 38.2 Å². The van der Waals surface area contributed by atoms with Crippen molar-refractivity contribution < 1.29 is 19.6 Å². The quantitative estimate of drug-likeness (QED) is 0.475. The van der Waals surface area contributed by atoms with Gasteiger partial charge in [-0.25, -0.2) is 0 Å². The maximum absolute atomic E-state index is 11.9. The molecule has 0 fully saturated rings. The van der Waals surface area contributed by atoms with E-state index in [0.29, 0.717) is 24.7 Å². The van der Waals surface area contributed by atoms with Crippen molar-refractivity contribution in [3.05, 3.63) is 29.8 Å². The Morgan fingerprint density at radius 2 is 1.91 bits per heavy atom. The summed E-state index contributed by atoms with van der Waals surface area (Å²) in [5.41, 5.74) is 1.22. The third-order valence-electron chi connectivity index (χ3n) is 3.24. The fourth-order valence-corrected chi connectivity index (χ4v) is 3.03. The molecule has 0 bridgehead atoms. The summed E-state index contributed by atoms with van der Waals surface area (Å²) in [7, 11) is -1.50. The molecule has 0 aliphatic carbocycles. The van der Waals surface area contributed by atoms with E-state index in [1.165, 1.54) is 0 Å². The first-order valence-electron chi connectivity index (χ1n) is 7.53. The summed E-state index contributed by atoms with van der Waals surface area (Å²) < 4.78 is 0. The Hall–Kier alpha value is -1.11. The Kier molecular flexibility index (Phi) is 9.12. The molecule has 0 heterocycles. The molecule has 2 N–H and O–H groups in total. The van der Waals surface area contributed by atoms with Gasteiger partial charge in [0.15, 0.2) is 0 Å². The smallest absolute Gasteiger partial charge is 0.423 e. The molecule has 1 aromatic carbocycles. The molecule has 0 aliphatic heterocycles. The van der Waals surface area contributed by atoms with E-state index in [0.717, 1.165) is 29.9 Å². The van der Waals surface area contributed by atoms with E-state index in [9.17, 15) is 9.59 Å². The zero-order chi connectivity index (χ0) is 16.4. The van der Waals surface area contributed by atoms with Crippen LogP contribution in [0.4, 0.5) is 0 Å². The fraction of sp³-hybridized carbons (Fsp3) is 0.500. The molecule has 4 nitrogen and oxygen atoms in total. The average Bonchev–Trinajstić information content (AvgIpc) is 2.46. The topological polar surface area (TPSA) is 74.6 Å². The summed E-state index contributed by atoms with van der Waals surface area (Å²) in [4.78, 5) is 22.7. The highest BCUT2D eigenvalue weighted by Crippen LogP contribution is 2.10. The van der Waals surface area contributed by atoms with E-state index < -0.39 is 7.12 Å². The summed E-state index contributed by atoms with van der Waals surface area (Å²) in [5.74, 6) is 2.16. The molecule has 0 aliphatic rings. The van der Waals surface area contributed by atoms with Crippen LogP contribution in [0.15, 0.2) is 24.3 Å². The molecule has 0 spiro atoms. The second-order valence-electron chi connectivity index (χ2n) is 5.36. The van der Waals surface area contributed by atoms with Crippen LogP contribution in [0.2, 0.25) is 0 Å². The highest BCUT2D eigenvalue weighted by Gasteiger charge is 2.12. The normalized spacial score (nSPS) is 10.5. The number of carbonyl (C=O) groups is 2. The minimum atomic E-state index is -1.50. The molecular formula is C16H23BO4S. The van der Waals surface area contributed by atoms with Gasteiger partial charge in [-0.3, -0.25) is 4.79 Å². The van der Waals surface area contributed by atoms with Gasteiger partial charge < -0.3 is 14.8 Å². The Morgan fingerprint density at radius 1 is 1.14 bits per heavy atom. The van der Waals surface area contributed by atoms with Crippen molar-refractivity contribution in [2.75, 3.05) is 11.5 Å². The molecule has 0 atom stereocenters. The predicted octanol–water partition coefficient (Wildman–Crippen LogP) is 1.36. The fourth-order valence-electron chi connectivity index (χ4n) is 2.05. The zero-order valence-electron chi connectivity index (χ0n) is 13.0. The van der Waals surface area contributed by atoms with Gasteiger partial charge in [0.1, 0.15) is 11.6 Å². The van der Waals surface area contributed by atoms with E-state index in [1.54, 1.807) is 36.9 Å². The maximum Gasteiger partial charge on any atom is 0.488 e. The summed E-state index contributed by atoms with van der Waals surface area (Å²) in [6, 6.07) is 6.81. The van der Waals surface area contributed by atoms with Crippen molar-refractivity contribution in [3.63, 3.8) is 0 Å². The van der Waals surface area contributed by atoms with Crippen LogP contribution in [-0.2, 0) is 16.0 Å². The number of rotatable bonds is 11. The summed E-state index contributed by atoms with van der Waals surface area (Å²) in [5, 5.41) is 18.2. The number of unbranched alkanes of at least 4 members (excludes halogenated alkanes) is 1. The van der Waals surface area contributed by atoms with Crippen molar-refractivity contribution in [1.82, 2.24) is 0 Å². The van der Waals surface area contributed by atoms with Gasteiger partial charge in [-0.05, 0) is 36.5 Å². The molecule has 0 radical (unpaired) electrons. The number of benzene rings is 1. The Bertz CT molecular complexity index is 491. The number of carbonyl (C=O) groups excluding carboxylic acids is 2. The number of ketones is 2. The maximum atomic E-state index is 11.9. The molecule has 0 saturated carbocycles. The van der Waals surface area contributed by atoms with E-state index in [1.807, 2.05) is 6.07 Å². The van der Waals surface area contributed by atoms with Crippen molar-refractivity contribution in [2.24, 2.45) is 0 Å². The first kappa shape index (κ1) is 18.9. The Morgan fingerprint density at radius 3 is 2.59 bits per heavy atom. The molecule has 0 saturated heterocycles. The molecule has 120 valence electrons. The average molecular weight is 322 g/mol. The van der Waals surface area contributed by atoms with Gasteiger partial charge in [0, 0.05) is 25.0 Å². The summed E-state index contributed by atoms with van der Waals surface area (Å²) in [6.07, 6.45) is 3.42. The van der Waals surface area contributed by atoms with E-state index in [-0.39, 0.29) is 11.6 Å². The number of hydrogen-bond donors (Lipinski definition) is 2. The lowest BCUT2D eigenvalue weighted by molar-refractivity contribution is -0.118. The van der Waals surface area contributed by atoms with Crippen LogP contribution >= 0.6 is 11.8 Å². The van der Waals surface area contributed by atoms with Crippen LogP contribution in [-0.4, -0.2) is 40.2 Å². The van der Waals surface area contributed by atoms with Gasteiger partial charge in [-0.2, -0.15) is 11.8 Å². The minimum absolute atomic E-state index is 0.154. The lowest BCUT2D eigenvalue weighted by atomic mass is 9.79. The summed E-state index contributed by atoms with van der Waals surface area (Å²) >= 11 is 1.74. The van der Waals surface area contributed by atoms with Gasteiger partial charge in [-0.15, -0.1) is 0 Å². The van der Waals surface area contributed by atoms with E-state index in [2.05, 4.69) is 0 Å². The van der Waals surface area contributed by atoms with Crippen molar-refractivity contribution in [2.45, 2.75) is 39.0 Å². The number of hydrogen-bond acceptors (Lipinski definition) is 5. The molecule has 0 aromatic heterocycles. The molecule has 6 heteroatoms. The number of thioether (sulfide) groups is 1. The zero-order valence-corrected chi connectivity index (χ0v) is 13.8. The van der Waals surface area contributed by atoms with Gasteiger partial charge >= 0.3 is 7.12 Å². The van der Waals surface area contributed by atoms with E-state index >= 15 is 0 Å². The van der Waals surface area contributed by atoms with Gasteiger partial charge in [-0.1, -0.05) is 24.3 Å². The van der Waals surface area contributed by atoms with Crippen LogP contribution in [0.25, 0.3) is 0 Å². The Balaban J connectivity index is 2.18. The minimum Gasteiger partial charge on any atom is -0.423 e. The van der Waals surface area contributed by atoms with Gasteiger partial charge in [0.25, 0.3) is 0 Å². The first-order chi connectivity index (χ1) is 10.5. The van der Waals surface area contributed by atoms with Gasteiger partial charge in [0.05, 0.1) is 0 Å². The molecule has 1 aromatic rings. The highest BCUT2D eigenvalue weighted by molar-refractivity contribution is 7.99. The van der Waals surface area contributed by atoms with Crippen LogP contribution in [0, 0.1) is 0 Å². The second kappa shape index (κ2) is 10.6. The van der Waals surface area contributed by atoms with Crippen LogP contribution < -0.4 is 5.46 Å². The molecule has 1 rings (SSSR count). The molecular weight excluding hydrogens is 299 g/mol. The molecule has 0 amide bonds. The van der Waals surface area contributed by atoms with Crippen molar-refractivity contribution in [3.8, 4) is 0 Å². The standard InChI is InChI=1S/C16H23BO4S/c1-13(18)5-2-3-9-22-10-8-16(19)12-14-6-4-7-15(11-14)17(20)21/h4,6-7,11,20-21H,2-3,5,8-10,12H2,1H3. The first-order valence-corrected chi connectivity index (χ1v) is 8.68. The summed E-state index contributed by atoms with van der Waals surface area (Å²) in [6.45, 7) is 1.61.